The van der Waals surface area contributed by atoms with Crippen molar-refractivity contribution in [3.05, 3.63) is 71.0 Å². The molecule has 0 aliphatic carbocycles. The Bertz CT molecular complexity index is 1310. The van der Waals surface area contributed by atoms with Crippen LogP contribution in [-0.4, -0.2) is 4.57 Å². The highest BCUT2D eigenvalue weighted by Crippen LogP contribution is 2.29. The van der Waals surface area contributed by atoms with E-state index >= 15 is 0 Å². The molecule has 4 aromatic rings. The number of fused-ring (bicyclic) bond motifs is 3. The fourth-order valence-electron chi connectivity index (χ4n) is 3.70. The summed E-state index contributed by atoms with van der Waals surface area (Å²) >= 11 is 0. The van der Waals surface area contributed by atoms with Crippen molar-refractivity contribution in [2.24, 2.45) is 0 Å². The molecule has 0 fully saturated rings. The number of hydrogen-bond acceptors (Lipinski definition) is 5. The van der Waals surface area contributed by atoms with E-state index in [1.807, 2.05) is 0 Å². The lowest BCUT2D eigenvalue weighted by atomic mass is 9.94. The van der Waals surface area contributed by atoms with Crippen molar-refractivity contribution < 1.29 is 0 Å². The summed E-state index contributed by atoms with van der Waals surface area (Å²) in [6.45, 7) is 3.46. The van der Waals surface area contributed by atoms with E-state index in [2.05, 4.69) is 0 Å². The van der Waals surface area contributed by atoms with Crippen LogP contribution in [0.2, 0.25) is 0 Å². The number of nitrogens with zero attached hydrogens (tertiary/aromatic N) is 1. The van der Waals surface area contributed by atoms with Crippen LogP contribution in [0.4, 0.5) is 5.69 Å². The summed E-state index contributed by atoms with van der Waals surface area (Å²) in [5, 5.41) is 0.854. The summed E-state index contributed by atoms with van der Waals surface area (Å²) in [4.78, 5) is 51.0. The second-order valence-electron chi connectivity index (χ2n) is 6.10. The standard InChI is InChI=1S/C19H14N2O4/c1-3-21-18(24)12-8(2)11-13(15(20)14(12)19(21)25)17(23)10-7-5-4-6-9(10)16(11)22/h4-7H,3,20H2,1-2H3. The number of nitrogens with two attached hydrogens (primary N) is 1. The van der Waals surface area contributed by atoms with Crippen LogP contribution in [0.25, 0.3) is 32.3 Å². The summed E-state index contributed by atoms with van der Waals surface area (Å²) in [5.41, 5.74) is 4.63. The molecule has 0 unspecified atom stereocenters. The van der Waals surface area contributed by atoms with Gasteiger partial charge in [-0.15, -0.1) is 0 Å². The molecule has 4 rings (SSSR count). The molecule has 3 aromatic carbocycles. The number of aromatic nitrogens is 1. The molecular weight excluding hydrogens is 320 g/mol. The second kappa shape index (κ2) is 4.86. The van der Waals surface area contributed by atoms with Crippen molar-refractivity contribution in [2.45, 2.75) is 20.4 Å². The molecule has 6 nitrogen and oxygen atoms in total. The molecule has 0 radical (unpaired) electrons. The Morgan fingerprint density at radius 3 is 1.92 bits per heavy atom. The fraction of sp³-hybridized carbons (Fsp3) is 0.158. The molecule has 0 saturated heterocycles. The summed E-state index contributed by atoms with van der Waals surface area (Å²) in [7, 11) is 0. The molecule has 25 heavy (non-hydrogen) atoms. The van der Waals surface area contributed by atoms with Crippen LogP contribution in [0.3, 0.4) is 0 Å². The van der Waals surface area contributed by atoms with Crippen molar-refractivity contribution in [1.82, 2.24) is 4.57 Å². The lowest BCUT2D eigenvalue weighted by Crippen LogP contribution is -2.24. The van der Waals surface area contributed by atoms with E-state index in [0.717, 1.165) is 4.57 Å². The van der Waals surface area contributed by atoms with Gasteiger partial charge in [-0.2, -0.15) is 0 Å². The minimum absolute atomic E-state index is 0.0269. The molecule has 1 aromatic heterocycles. The van der Waals surface area contributed by atoms with E-state index in [4.69, 9.17) is 5.73 Å². The first-order valence-corrected chi connectivity index (χ1v) is 7.90. The predicted octanol–water partition coefficient (Wildman–Crippen LogP) is 1.17. The first-order chi connectivity index (χ1) is 11.9. The number of nitrogen functional groups attached to an aromatic ring is 1. The molecule has 0 amide bonds. The number of anilines is 1. The topological polar surface area (TPSA) is 99.2 Å². The second-order valence-corrected chi connectivity index (χ2v) is 6.10. The smallest absolute Gasteiger partial charge is 0.263 e. The minimum Gasteiger partial charge on any atom is -0.397 e. The lowest BCUT2D eigenvalue weighted by molar-refractivity contribution is 0.722. The van der Waals surface area contributed by atoms with Crippen LogP contribution in [0, 0.1) is 6.92 Å². The van der Waals surface area contributed by atoms with Crippen LogP contribution in [-0.2, 0) is 6.54 Å². The maximum absolute atomic E-state index is 12.9. The third-order valence-corrected chi connectivity index (χ3v) is 4.89. The molecule has 0 bridgehead atoms. The zero-order valence-corrected chi connectivity index (χ0v) is 13.7. The Morgan fingerprint density at radius 2 is 1.36 bits per heavy atom. The van der Waals surface area contributed by atoms with Crippen LogP contribution in [0.15, 0.2) is 43.4 Å². The Labute approximate surface area is 140 Å². The van der Waals surface area contributed by atoms with E-state index in [1.54, 1.807) is 38.1 Å². The molecule has 0 atom stereocenters. The van der Waals surface area contributed by atoms with Gasteiger partial charge in [0, 0.05) is 22.7 Å². The van der Waals surface area contributed by atoms with Crippen molar-refractivity contribution in [2.75, 3.05) is 5.73 Å². The van der Waals surface area contributed by atoms with Crippen molar-refractivity contribution in [3.63, 3.8) is 0 Å². The Hall–Kier alpha value is -3.28. The van der Waals surface area contributed by atoms with Gasteiger partial charge in [0.2, 0.25) is 0 Å². The van der Waals surface area contributed by atoms with Gasteiger partial charge in [-0.3, -0.25) is 23.7 Å². The summed E-state index contributed by atoms with van der Waals surface area (Å²) in [5.74, 6) is 0. The van der Waals surface area contributed by atoms with Crippen LogP contribution in [0.1, 0.15) is 12.5 Å². The highest BCUT2D eigenvalue weighted by molar-refractivity contribution is 6.15. The van der Waals surface area contributed by atoms with Gasteiger partial charge in [0.25, 0.3) is 11.1 Å². The van der Waals surface area contributed by atoms with Gasteiger partial charge in [0.05, 0.1) is 21.8 Å². The molecule has 1 heterocycles. The first-order valence-electron chi connectivity index (χ1n) is 7.90. The zero-order valence-electron chi connectivity index (χ0n) is 13.7. The van der Waals surface area contributed by atoms with Gasteiger partial charge in [-0.25, -0.2) is 0 Å². The summed E-state index contributed by atoms with van der Waals surface area (Å²) in [6, 6.07) is 6.48. The number of rotatable bonds is 1. The van der Waals surface area contributed by atoms with E-state index in [1.165, 1.54) is 0 Å². The zero-order chi connectivity index (χ0) is 18.0. The van der Waals surface area contributed by atoms with Gasteiger partial charge in [0.1, 0.15) is 0 Å². The third-order valence-electron chi connectivity index (χ3n) is 4.89. The lowest BCUT2D eigenvalue weighted by Gasteiger charge is -2.08. The monoisotopic (exact) mass is 334 g/mol. The van der Waals surface area contributed by atoms with Gasteiger partial charge >= 0.3 is 0 Å². The molecule has 0 saturated carbocycles. The highest BCUT2D eigenvalue weighted by Gasteiger charge is 2.24. The largest absolute Gasteiger partial charge is 0.397 e. The highest BCUT2D eigenvalue weighted by atomic mass is 16.2. The van der Waals surface area contributed by atoms with Gasteiger partial charge in [-0.1, -0.05) is 24.3 Å². The molecule has 124 valence electrons. The molecule has 0 aliphatic heterocycles. The predicted molar refractivity (Wildman–Crippen MR) is 99.2 cm³/mol. The normalized spacial score (nSPS) is 11.8. The maximum atomic E-state index is 12.9. The number of aryl methyl sites for hydroxylation is 1. The van der Waals surface area contributed by atoms with Crippen molar-refractivity contribution in [3.8, 4) is 0 Å². The molecule has 0 aliphatic rings. The summed E-state index contributed by atoms with van der Waals surface area (Å²) < 4.78 is 1.07. The van der Waals surface area contributed by atoms with Gasteiger partial charge < -0.3 is 5.73 Å². The van der Waals surface area contributed by atoms with Crippen molar-refractivity contribution in [1.29, 1.82) is 0 Å². The fourth-order valence-corrected chi connectivity index (χ4v) is 3.70. The Balaban J connectivity index is 2.51. The van der Waals surface area contributed by atoms with Crippen LogP contribution in [0.5, 0.6) is 0 Å². The van der Waals surface area contributed by atoms with E-state index in [0.29, 0.717) is 5.56 Å². The van der Waals surface area contributed by atoms with E-state index in [-0.39, 0.29) is 50.0 Å². The quantitative estimate of drug-likeness (QED) is 0.416. The van der Waals surface area contributed by atoms with Gasteiger partial charge in [0.15, 0.2) is 10.9 Å². The molecule has 0 spiro atoms. The first kappa shape index (κ1) is 15.3. The van der Waals surface area contributed by atoms with E-state index < -0.39 is 16.5 Å². The van der Waals surface area contributed by atoms with Crippen LogP contribution < -0.4 is 27.7 Å². The molecule has 6 heteroatoms. The molecule has 2 N–H and O–H groups in total. The third kappa shape index (κ3) is 1.68. The minimum atomic E-state index is -0.523. The van der Waals surface area contributed by atoms with Crippen molar-refractivity contribution >= 4 is 38.0 Å². The number of benzene rings is 3. The maximum Gasteiger partial charge on any atom is 0.263 e. The Kier molecular flexibility index (Phi) is 2.97. The molecular formula is C19H14N2O4. The summed E-state index contributed by atoms with van der Waals surface area (Å²) in [6.07, 6.45) is 0. The van der Waals surface area contributed by atoms with Gasteiger partial charge in [-0.05, 0) is 19.4 Å². The SMILES string of the molecule is CCn1c(=O)c2c(C)c3c(=O)c4ccccc4c(=O)c3c(N)c2c1=O. The number of hydrogen-bond donors (Lipinski definition) is 1. The average Bonchev–Trinajstić information content (AvgIpc) is 2.86. The Morgan fingerprint density at radius 1 is 0.840 bits per heavy atom. The van der Waals surface area contributed by atoms with E-state index in [9.17, 15) is 19.2 Å². The average molecular weight is 334 g/mol. The van der Waals surface area contributed by atoms with Crippen LogP contribution >= 0.6 is 0 Å².